The van der Waals surface area contributed by atoms with Gasteiger partial charge in [0.15, 0.2) is 11.6 Å². The largest absolute Gasteiger partial charge is 0.271 e. The first kappa shape index (κ1) is 16.4. The highest BCUT2D eigenvalue weighted by molar-refractivity contribution is 9.10. The SMILES string of the molecule is Cc1nn(C)c(CC(NN)c2ccc(F)c(F)c2Br)c1Cl. The minimum absolute atomic E-state index is 0.0421. The summed E-state index contributed by atoms with van der Waals surface area (Å²) in [6.45, 7) is 1.80. The van der Waals surface area contributed by atoms with E-state index in [0.717, 1.165) is 11.8 Å². The summed E-state index contributed by atoms with van der Waals surface area (Å²) in [5.41, 5.74) is 4.57. The van der Waals surface area contributed by atoms with Crippen LogP contribution in [0.4, 0.5) is 8.78 Å². The normalized spacial score (nSPS) is 12.7. The van der Waals surface area contributed by atoms with Crippen molar-refractivity contribution in [2.75, 3.05) is 0 Å². The summed E-state index contributed by atoms with van der Waals surface area (Å²) in [7, 11) is 1.77. The first-order chi connectivity index (χ1) is 9.86. The van der Waals surface area contributed by atoms with Gasteiger partial charge in [0.2, 0.25) is 0 Å². The minimum atomic E-state index is -0.944. The molecule has 2 rings (SSSR count). The lowest BCUT2D eigenvalue weighted by atomic mass is 10.0. The van der Waals surface area contributed by atoms with Gasteiger partial charge in [0.1, 0.15) is 0 Å². The first-order valence-electron chi connectivity index (χ1n) is 6.14. The average molecular weight is 380 g/mol. The van der Waals surface area contributed by atoms with Crippen LogP contribution in [0.15, 0.2) is 16.6 Å². The molecule has 2 aromatic rings. The zero-order chi connectivity index (χ0) is 15.7. The van der Waals surface area contributed by atoms with Crippen molar-refractivity contribution in [1.82, 2.24) is 15.2 Å². The van der Waals surface area contributed by atoms with Crippen molar-refractivity contribution < 1.29 is 8.78 Å². The van der Waals surface area contributed by atoms with Crippen molar-refractivity contribution in [1.29, 1.82) is 0 Å². The Morgan fingerprint density at radius 2 is 2.14 bits per heavy atom. The summed E-state index contributed by atoms with van der Waals surface area (Å²) in [5, 5.41) is 4.75. The molecule has 0 fully saturated rings. The van der Waals surface area contributed by atoms with Crippen LogP contribution < -0.4 is 11.3 Å². The van der Waals surface area contributed by atoms with Crippen LogP contribution in [0.5, 0.6) is 0 Å². The molecule has 4 nitrogen and oxygen atoms in total. The van der Waals surface area contributed by atoms with E-state index >= 15 is 0 Å². The zero-order valence-corrected chi connectivity index (χ0v) is 13.8. The van der Waals surface area contributed by atoms with Gasteiger partial charge in [-0.2, -0.15) is 5.10 Å². The summed E-state index contributed by atoms with van der Waals surface area (Å²) < 4.78 is 28.5. The molecule has 1 aromatic carbocycles. The summed E-state index contributed by atoms with van der Waals surface area (Å²) in [5.74, 6) is 3.69. The number of rotatable bonds is 4. The average Bonchev–Trinajstić information content (AvgIpc) is 2.69. The van der Waals surface area contributed by atoms with E-state index in [-0.39, 0.29) is 4.47 Å². The maximum atomic E-state index is 13.7. The maximum absolute atomic E-state index is 13.7. The molecule has 0 radical (unpaired) electrons. The molecule has 0 bridgehead atoms. The Morgan fingerprint density at radius 3 is 2.67 bits per heavy atom. The fourth-order valence-corrected chi connectivity index (χ4v) is 3.00. The van der Waals surface area contributed by atoms with Gasteiger partial charge in [-0.3, -0.25) is 16.0 Å². The Bertz CT molecular complexity index is 675. The van der Waals surface area contributed by atoms with Crippen LogP contribution in [0, 0.1) is 18.6 Å². The standard InChI is InChI=1S/C13H14BrClF2N4/c1-6-12(15)10(21(2)20-6)5-9(19-18)7-3-4-8(16)13(17)11(7)14/h3-4,9,19H,5,18H2,1-2H3. The number of aryl methyl sites for hydroxylation is 2. The molecule has 0 aliphatic carbocycles. The van der Waals surface area contributed by atoms with Gasteiger partial charge in [0.05, 0.1) is 26.9 Å². The molecule has 1 atom stereocenters. The smallest absolute Gasteiger partial charge is 0.173 e. The Labute approximate surface area is 134 Å². The molecule has 0 aliphatic heterocycles. The molecular weight excluding hydrogens is 366 g/mol. The third-order valence-corrected chi connectivity index (χ3v) is 4.60. The highest BCUT2D eigenvalue weighted by Gasteiger charge is 2.22. The molecule has 1 unspecified atom stereocenters. The Balaban J connectivity index is 2.39. The molecule has 0 saturated heterocycles. The molecule has 8 heteroatoms. The van der Waals surface area contributed by atoms with Gasteiger partial charge in [-0.1, -0.05) is 17.7 Å². The van der Waals surface area contributed by atoms with Crippen molar-refractivity contribution in [2.24, 2.45) is 12.9 Å². The van der Waals surface area contributed by atoms with Crippen LogP contribution in [0.25, 0.3) is 0 Å². The van der Waals surface area contributed by atoms with Gasteiger partial charge < -0.3 is 0 Å². The van der Waals surface area contributed by atoms with Gasteiger partial charge in [0.25, 0.3) is 0 Å². The molecule has 114 valence electrons. The van der Waals surface area contributed by atoms with E-state index in [2.05, 4.69) is 26.5 Å². The van der Waals surface area contributed by atoms with Gasteiger partial charge in [-0.25, -0.2) is 8.78 Å². The van der Waals surface area contributed by atoms with Crippen LogP contribution in [0.1, 0.15) is 23.0 Å². The van der Waals surface area contributed by atoms with Crippen molar-refractivity contribution >= 4 is 27.5 Å². The van der Waals surface area contributed by atoms with Gasteiger partial charge >= 0.3 is 0 Å². The monoisotopic (exact) mass is 378 g/mol. The van der Waals surface area contributed by atoms with Crippen molar-refractivity contribution in [3.05, 3.63) is 50.2 Å². The second-order valence-corrected chi connectivity index (χ2v) is 5.83. The van der Waals surface area contributed by atoms with E-state index in [1.165, 1.54) is 6.07 Å². The van der Waals surface area contributed by atoms with E-state index < -0.39 is 17.7 Å². The Kier molecular flexibility index (Phi) is 4.98. The predicted molar refractivity (Wildman–Crippen MR) is 80.8 cm³/mol. The highest BCUT2D eigenvalue weighted by Crippen LogP contribution is 2.31. The van der Waals surface area contributed by atoms with Crippen LogP contribution >= 0.6 is 27.5 Å². The second kappa shape index (κ2) is 6.39. The maximum Gasteiger partial charge on any atom is 0.173 e. The van der Waals surface area contributed by atoms with E-state index in [1.807, 2.05) is 0 Å². The molecule has 0 aliphatic rings. The molecule has 21 heavy (non-hydrogen) atoms. The lowest BCUT2D eigenvalue weighted by molar-refractivity contribution is 0.487. The number of nitrogens with one attached hydrogen (secondary N) is 1. The Morgan fingerprint density at radius 1 is 1.48 bits per heavy atom. The number of benzene rings is 1. The third kappa shape index (κ3) is 3.11. The molecule has 0 spiro atoms. The molecule has 0 saturated carbocycles. The topological polar surface area (TPSA) is 55.9 Å². The Hall–Kier alpha value is -1.02. The lowest BCUT2D eigenvalue weighted by Crippen LogP contribution is -2.30. The number of aromatic nitrogens is 2. The van der Waals surface area contributed by atoms with Crippen LogP contribution in [-0.2, 0) is 13.5 Å². The van der Waals surface area contributed by atoms with Gasteiger partial charge in [-0.05, 0) is 34.5 Å². The predicted octanol–water partition coefficient (Wildman–Crippen LogP) is 3.17. The summed E-state index contributed by atoms with van der Waals surface area (Å²) in [6, 6.07) is 2.10. The number of nitrogens with two attached hydrogens (primary N) is 1. The number of hydrazine groups is 1. The molecule has 3 N–H and O–H groups in total. The number of hydrogen-bond acceptors (Lipinski definition) is 3. The first-order valence-corrected chi connectivity index (χ1v) is 7.31. The molecule has 1 aromatic heterocycles. The van der Waals surface area contributed by atoms with Crippen molar-refractivity contribution in [3.8, 4) is 0 Å². The van der Waals surface area contributed by atoms with Crippen LogP contribution in [-0.4, -0.2) is 9.78 Å². The van der Waals surface area contributed by atoms with Crippen molar-refractivity contribution in [2.45, 2.75) is 19.4 Å². The zero-order valence-electron chi connectivity index (χ0n) is 11.4. The van der Waals surface area contributed by atoms with Gasteiger partial charge in [-0.15, -0.1) is 0 Å². The quantitative estimate of drug-likeness (QED) is 0.487. The highest BCUT2D eigenvalue weighted by atomic mass is 79.9. The van der Waals surface area contributed by atoms with E-state index in [0.29, 0.717) is 22.7 Å². The number of halogens is 4. The molecule has 0 amide bonds. The third-order valence-electron chi connectivity index (χ3n) is 3.30. The minimum Gasteiger partial charge on any atom is -0.271 e. The summed E-state index contributed by atoms with van der Waals surface area (Å²) in [6.07, 6.45) is 0.385. The number of hydrogen-bond donors (Lipinski definition) is 2. The van der Waals surface area contributed by atoms with Crippen LogP contribution in [0.3, 0.4) is 0 Å². The fraction of sp³-hybridized carbons (Fsp3) is 0.308. The summed E-state index contributed by atoms with van der Waals surface area (Å²) in [4.78, 5) is 0. The van der Waals surface area contributed by atoms with Crippen LogP contribution in [0.2, 0.25) is 5.02 Å². The van der Waals surface area contributed by atoms with Gasteiger partial charge in [0, 0.05) is 13.5 Å². The van der Waals surface area contributed by atoms with Crippen molar-refractivity contribution in [3.63, 3.8) is 0 Å². The molecule has 1 heterocycles. The van der Waals surface area contributed by atoms with E-state index in [9.17, 15) is 8.78 Å². The van der Waals surface area contributed by atoms with E-state index in [4.69, 9.17) is 17.4 Å². The summed E-state index contributed by atoms with van der Waals surface area (Å²) >= 11 is 9.26. The number of nitrogens with zero attached hydrogens (tertiary/aromatic N) is 2. The van der Waals surface area contributed by atoms with E-state index in [1.54, 1.807) is 18.7 Å². The lowest BCUT2D eigenvalue weighted by Gasteiger charge is -2.18. The fourth-order valence-electron chi connectivity index (χ4n) is 2.16. The molecular formula is C13H14BrClF2N4. The second-order valence-electron chi connectivity index (χ2n) is 4.66.